The highest BCUT2D eigenvalue weighted by Crippen LogP contribution is 2.18. The number of aromatic nitrogens is 4. The molecule has 25 heavy (non-hydrogen) atoms. The van der Waals surface area contributed by atoms with E-state index in [0.29, 0.717) is 17.2 Å². The molecular weight excluding hydrogens is 328 g/mol. The fourth-order valence-electron chi connectivity index (χ4n) is 2.21. The first-order chi connectivity index (χ1) is 12.1. The van der Waals surface area contributed by atoms with E-state index in [1.165, 1.54) is 23.0 Å². The third-order valence-corrected chi connectivity index (χ3v) is 3.34. The molecule has 3 heterocycles. The molecule has 0 aliphatic rings. The van der Waals surface area contributed by atoms with Crippen molar-refractivity contribution in [3.8, 4) is 23.4 Å². The Hall–Kier alpha value is -3.73. The number of nitrogens with two attached hydrogens (primary N) is 1. The maximum atomic E-state index is 13.6. The van der Waals surface area contributed by atoms with Gasteiger partial charge in [0.2, 0.25) is 5.82 Å². The summed E-state index contributed by atoms with van der Waals surface area (Å²) < 4.78 is 33.2. The Morgan fingerprint density at radius 1 is 1.12 bits per heavy atom. The lowest BCUT2D eigenvalue weighted by atomic mass is 10.2. The second-order valence-corrected chi connectivity index (χ2v) is 5.07. The van der Waals surface area contributed by atoms with Gasteiger partial charge in [-0.25, -0.2) is 23.3 Å². The van der Waals surface area contributed by atoms with Crippen LogP contribution in [0.1, 0.15) is 11.3 Å². The molecule has 6 nitrogen and oxygen atoms in total. The molecule has 0 unspecified atom stereocenters. The second kappa shape index (κ2) is 5.72. The molecule has 1 aromatic carbocycles. The Morgan fingerprint density at radius 2 is 2.00 bits per heavy atom. The minimum atomic E-state index is -0.748. The van der Waals surface area contributed by atoms with Crippen molar-refractivity contribution in [2.45, 2.75) is 0 Å². The lowest BCUT2D eigenvalue weighted by Gasteiger charge is -1.97. The van der Waals surface area contributed by atoms with Gasteiger partial charge in [0.25, 0.3) is 0 Å². The van der Waals surface area contributed by atoms with Crippen LogP contribution in [-0.2, 0) is 0 Å². The van der Waals surface area contributed by atoms with Gasteiger partial charge in [0.15, 0.2) is 17.2 Å². The van der Waals surface area contributed by atoms with Crippen LogP contribution in [0.2, 0.25) is 0 Å². The number of furan rings is 1. The molecule has 0 fully saturated rings. The van der Waals surface area contributed by atoms with E-state index >= 15 is 0 Å². The quantitative estimate of drug-likeness (QED) is 0.540. The Morgan fingerprint density at radius 3 is 2.76 bits per heavy atom. The van der Waals surface area contributed by atoms with Crippen molar-refractivity contribution in [1.82, 2.24) is 19.6 Å². The summed E-state index contributed by atoms with van der Waals surface area (Å²) in [5.41, 5.74) is 6.56. The van der Waals surface area contributed by atoms with Gasteiger partial charge in [-0.15, -0.1) is 5.10 Å². The molecule has 2 N–H and O–H groups in total. The molecule has 4 rings (SSSR count). The van der Waals surface area contributed by atoms with Gasteiger partial charge in [0.05, 0.1) is 18.0 Å². The van der Waals surface area contributed by atoms with E-state index in [9.17, 15) is 8.78 Å². The van der Waals surface area contributed by atoms with E-state index in [-0.39, 0.29) is 17.1 Å². The summed E-state index contributed by atoms with van der Waals surface area (Å²) >= 11 is 0. The van der Waals surface area contributed by atoms with Crippen LogP contribution in [-0.4, -0.2) is 19.6 Å². The Bertz CT molecular complexity index is 1140. The van der Waals surface area contributed by atoms with Crippen molar-refractivity contribution in [3.63, 3.8) is 0 Å². The van der Waals surface area contributed by atoms with Gasteiger partial charge >= 0.3 is 0 Å². The number of hydrogen-bond donors (Lipinski definition) is 1. The number of nitrogen functional groups attached to an aromatic ring is 1. The highest BCUT2D eigenvalue weighted by molar-refractivity contribution is 5.64. The summed E-state index contributed by atoms with van der Waals surface area (Å²) in [6.45, 7) is 0. The predicted molar refractivity (Wildman–Crippen MR) is 85.2 cm³/mol. The standard InChI is InChI=1S/C17H9F2N5O/c18-11-5-3-10(13(19)8-11)4-6-12-9-24-17(15(20)21-12)22-16(23-24)14-2-1-7-25-14/h1-3,5,7-9H,(H2,20,21). The van der Waals surface area contributed by atoms with Crippen molar-refractivity contribution < 1.29 is 13.2 Å². The lowest BCUT2D eigenvalue weighted by Crippen LogP contribution is -2.00. The van der Waals surface area contributed by atoms with Gasteiger partial charge in [0, 0.05) is 6.07 Å². The van der Waals surface area contributed by atoms with Crippen molar-refractivity contribution in [2.24, 2.45) is 0 Å². The molecular formula is C17H9F2N5O. The maximum absolute atomic E-state index is 13.6. The van der Waals surface area contributed by atoms with E-state index < -0.39 is 11.6 Å². The van der Waals surface area contributed by atoms with Crippen LogP contribution in [0.15, 0.2) is 47.2 Å². The molecule has 0 atom stereocenters. The fourth-order valence-corrected chi connectivity index (χ4v) is 2.21. The van der Waals surface area contributed by atoms with Crippen LogP contribution in [0.4, 0.5) is 14.6 Å². The zero-order valence-corrected chi connectivity index (χ0v) is 12.6. The number of nitrogens with zero attached hydrogens (tertiary/aromatic N) is 4. The molecule has 0 aliphatic heterocycles. The number of hydrogen-bond acceptors (Lipinski definition) is 5. The van der Waals surface area contributed by atoms with Crippen molar-refractivity contribution in [1.29, 1.82) is 0 Å². The van der Waals surface area contributed by atoms with Gasteiger partial charge in [-0.2, -0.15) is 0 Å². The number of halogens is 2. The predicted octanol–water partition coefficient (Wildman–Crippen LogP) is 2.64. The second-order valence-electron chi connectivity index (χ2n) is 5.07. The van der Waals surface area contributed by atoms with Crippen LogP contribution in [0.3, 0.4) is 0 Å². The minimum absolute atomic E-state index is 0.0525. The smallest absolute Gasteiger partial charge is 0.218 e. The fraction of sp³-hybridized carbons (Fsp3) is 0. The van der Waals surface area contributed by atoms with Gasteiger partial charge in [0.1, 0.15) is 17.3 Å². The molecule has 3 aromatic heterocycles. The topological polar surface area (TPSA) is 82.2 Å². The van der Waals surface area contributed by atoms with Crippen LogP contribution >= 0.6 is 0 Å². The molecule has 8 heteroatoms. The molecule has 0 saturated carbocycles. The van der Waals surface area contributed by atoms with Crippen LogP contribution in [0, 0.1) is 23.5 Å². The van der Waals surface area contributed by atoms with Crippen LogP contribution in [0.25, 0.3) is 17.2 Å². The van der Waals surface area contributed by atoms with E-state index in [2.05, 4.69) is 26.9 Å². The minimum Gasteiger partial charge on any atom is -0.461 e. The van der Waals surface area contributed by atoms with E-state index in [1.807, 2.05) is 0 Å². The monoisotopic (exact) mass is 337 g/mol. The third kappa shape index (κ3) is 2.79. The molecule has 4 aromatic rings. The van der Waals surface area contributed by atoms with E-state index in [4.69, 9.17) is 10.2 Å². The molecule has 0 amide bonds. The highest BCUT2D eigenvalue weighted by atomic mass is 19.1. The van der Waals surface area contributed by atoms with Crippen LogP contribution < -0.4 is 5.73 Å². The van der Waals surface area contributed by atoms with Gasteiger partial charge in [-0.3, -0.25) is 0 Å². The van der Waals surface area contributed by atoms with Crippen molar-refractivity contribution in [3.05, 3.63) is 65.7 Å². The summed E-state index contributed by atoms with van der Waals surface area (Å²) in [6, 6.07) is 6.59. The first kappa shape index (κ1) is 14.8. The molecule has 0 saturated heterocycles. The highest BCUT2D eigenvalue weighted by Gasteiger charge is 2.12. The molecule has 0 bridgehead atoms. The normalized spacial score (nSPS) is 10.6. The zero-order chi connectivity index (χ0) is 17.4. The lowest BCUT2D eigenvalue weighted by molar-refractivity contribution is 0.577. The number of benzene rings is 1. The number of anilines is 1. The Kier molecular flexibility index (Phi) is 3.40. The van der Waals surface area contributed by atoms with E-state index in [0.717, 1.165) is 12.1 Å². The van der Waals surface area contributed by atoms with Crippen LogP contribution in [0.5, 0.6) is 0 Å². The van der Waals surface area contributed by atoms with Gasteiger partial charge in [-0.1, -0.05) is 5.92 Å². The average molecular weight is 337 g/mol. The number of rotatable bonds is 1. The Labute approximate surface area is 139 Å². The molecule has 0 radical (unpaired) electrons. The van der Waals surface area contributed by atoms with Crippen molar-refractivity contribution in [2.75, 3.05) is 5.73 Å². The maximum Gasteiger partial charge on any atom is 0.218 e. The first-order valence-corrected chi connectivity index (χ1v) is 7.14. The summed E-state index contributed by atoms with van der Waals surface area (Å²) in [6.07, 6.45) is 3.02. The van der Waals surface area contributed by atoms with Gasteiger partial charge < -0.3 is 10.2 Å². The average Bonchev–Trinajstić information content (AvgIpc) is 3.23. The summed E-state index contributed by atoms with van der Waals surface area (Å²) in [4.78, 5) is 8.37. The first-order valence-electron chi connectivity index (χ1n) is 7.14. The number of fused-ring (bicyclic) bond motifs is 1. The zero-order valence-electron chi connectivity index (χ0n) is 12.6. The molecule has 0 aliphatic carbocycles. The molecule has 0 spiro atoms. The summed E-state index contributed by atoms with van der Waals surface area (Å²) in [5.74, 6) is 4.83. The SMILES string of the molecule is Nc1nc(C#Cc2ccc(F)cc2F)cn2nc(-c3ccco3)nc12. The Balaban J connectivity index is 1.75. The third-order valence-electron chi connectivity index (χ3n) is 3.34. The summed E-state index contributed by atoms with van der Waals surface area (Å²) in [7, 11) is 0. The van der Waals surface area contributed by atoms with Crippen molar-refractivity contribution >= 4 is 11.5 Å². The summed E-state index contributed by atoms with van der Waals surface area (Å²) in [5, 5.41) is 4.26. The van der Waals surface area contributed by atoms with E-state index in [1.54, 1.807) is 12.1 Å². The largest absolute Gasteiger partial charge is 0.461 e. The molecule has 122 valence electrons. The van der Waals surface area contributed by atoms with Gasteiger partial charge in [-0.05, 0) is 30.2 Å².